The molecule has 1 atom stereocenters. The number of imide groups is 1. The van der Waals surface area contributed by atoms with Crippen LogP contribution in [0.5, 0.6) is 0 Å². The van der Waals surface area contributed by atoms with Crippen LogP contribution in [-0.4, -0.2) is 40.0 Å². The van der Waals surface area contributed by atoms with Crippen LogP contribution in [0.4, 0.5) is 0 Å². The maximum Gasteiger partial charge on any atom is 0.234 e. The van der Waals surface area contributed by atoms with Crippen LogP contribution in [0.3, 0.4) is 0 Å². The molecule has 0 aliphatic carbocycles. The Morgan fingerprint density at radius 2 is 2.14 bits per heavy atom. The summed E-state index contributed by atoms with van der Waals surface area (Å²) in [7, 11) is 0. The minimum Gasteiger partial charge on any atom is -0.354 e. The lowest BCUT2D eigenvalue weighted by molar-refractivity contribution is -0.139. The second kappa shape index (κ2) is 7.77. The molecule has 0 aromatic rings. The summed E-state index contributed by atoms with van der Waals surface area (Å²) in [5.41, 5.74) is 0. The van der Waals surface area contributed by atoms with E-state index in [2.05, 4.69) is 5.32 Å². The van der Waals surface area contributed by atoms with Crippen molar-refractivity contribution in [2.45, 2.75) is 51.3 Å². The molecule has 0 saturated carbocycles. The molecule has 1 unspecified atom stereocenters. The first-order chi connectivity index (χ1) is 9.69. The van der Waals surface area contributed by atoms with Crippen LogP contribution >= 0.6 is 35.0 Å². The van der Waals surface area contributed by atoms with Gasteiger partial charge in [0.15, 0.2) is 0 Å². The molecule has 21 heavy (non-hydrogen) atoms. The summed E-state index contributed by atoms with van der Waals surface area (Å²) in [4.78, 5) is 37.2. The SMILES string of the molecule is CC(C)NC(=O)CCN1C(=O)CC(C(C)(C)SOI)C1=O. The van der Waals surface area contributed by atoms with E-state index in [9.17, 15) is 14.4 Å². The van der Waals surface area contributed by atoms with Crippen molar-refractivity contribution in [2.24, 2.45) is 5.92 Å². The lowest BCUT2D eigenvalue weighted by atomic mass is 9.93. The van der Waals surface area contributed by atoms with E-state index in [1.165, 1.54) is 16.9 Å². The van der Waals surface area contributed by atoms with Crippen molar-refractivity contribution in [3.8, 4) is 0 Å². The molecule has 0 spiro atoms. The molecule has 1 fully saturated rings. The minimum absolute atomic E-state index is 0.0476. The number of carbonyl (C=O) groups excluding carboxylic acids is 3. The van der Waals surface area contributed by atoms with Gasteiger partial charge in [0.25, 0.3) is 0 Å². The van der Waals surface area contributed by atoms with Crippen molar-refractivity contribution in [3.05, 3.63) is 0 Å². The Labute approximate surface area is 143 Å². The predicted molar refractivity (Wildman–Crippen MR) is 89.5 cm³/mol. The first-order valence-corrected chi connectivity index (χ1v) is 8.41. The number of nitrogens with zero attached hydrogens (tertiary/aromatic N) is 1. The Hall–Kier alpha value is -0.350. The summed E-state index contributed by atoms with van der Waals surface area (Å²) < 4.78 is 4.54. The fourth-order valence-corrected chi connectivity index (χ4v) is 4.06. The molecule has 6 nitrogen and oxygen atoms in total. The van der Waals surface area contributed by atoms with E-state index in [-0.39, 0.29) is 43.1 Å². The van der Waals surface area contributed by atoms with E-state index in [1.54, 1.807) is 23.0 Å². The Morgan fingerprint density at radius 1 is 1.52 bits per heavy atom. The van der Waals surface area contributed by atoms with Gasteiger partial charge >= 0.3 is 0 Å². The highest BCUT2D eigenvalue weighted by molar-refractivity contribution is 14.1. The second-order valence-electron chi connectivity index (χ2n) is 5.86. The second-order valence-corrected chi connectivity index (χ2v) is 8.29. The molecule has 3 amide bonds. The molecular formula is C13H21IN2O4S. The molecule has 1 aliphatic rings. The van der Waals surface area contributed by atoms with Gasteiger partial charge in [0.1, 0.15) is 23.0 Å². The fraction of sp³-hybridized carbons (Fsp3) is 0.769. The number of likely N-dealkylation sites (tertiary alicyclic amines) is 1. The zero-order valence-corrected chi connectivity index (χ0v) is 15.6. The number of carbonyl (C=O) groups is 3. The van der Waals surface area contributed by atoms with Gasteiger partial charge in [0.05, 0.1) is 5.92 Å². The number of hydrogen-bond acceptors (Lipinski definition) is 5. The first kappa shape index (κ1) is 18.7. The van der Waals surface area contributed by atoms with Gasteiger partial charge in [0, 0.05) is 42.2 Å². The zero-order valence-electron chi connectivity index (χ0n) is 12.6. The fourth-order valence-electron chi connectivity index (χ4n) is 2.21. The van der Waals surface area contributed by atoms with Crippen LogP contribution in [-0.2, 0) is 16.9 Å². The predicted octanol–water partition coefficient (Wildman–Crippen LogP) is 2.07. The van der Waals surface area contributed by atoms with Gasteiger partial charge in [-0.2, -0.15) is 0 Å². The summed E-state index contributed by atoms with van der Waals surface area (Å²) in [5.74, 6) is -1.01. The van der Waals surface area contributed by atoms with Crippen molar-refractivity contribution in [1.29, 1.82) is 0 Å². The summed E-state index contributed by atoms with van der Waals surface area (Å²) in [6, 6.07) is 0.0476. The molecule has 0 aromatic carbocycles. The van der Waals surface area contributed by atoms with Crippen molar-refractivity contribution >= 4 is 52.8 Å². The van der Waals surface area contributed by atoms with E-state index in [0.29, 0.717) is 0 Å². The Balaban J connectivity index is 2.63. The number of amides is 3. The molecule has 0 radical (unpaired) electrons. The number of halogens is 1. The molecule has 1 aliphatic heterocycles. The molecule has 1 saturated heterocycles. The zero-order chi connectivity index (χ0) is 16.2. The van der Waals surface area contributed by atoms with Crippen molar-refractivity contribution < 1.29 is 16.9 Å². The lowest BCUT2D eigenvalue weighted by Gasteiger charge is -2.26. The van der Waals surface area contributed by atoms with E-state index >= 15 is 0 Å². The van der Waals surface area contributed by atoms with Gasteiger partial charge in [-0.25, -0.2) is 2.51 Å². The number of rotatable bonds is 7. The summed E-state index contributed by atoms with van der Waals surface area (Å²) in [5, 5.41) is 2.74. The maximum atomic E-state index is 12.4. The average Bonchev–Trinajstić information content (AvgIpc) is 2.62. The largest absolute Gasteiger partial charge is 0.354 e. The van der Waals surface area contributed by atoms with E-state index in [4.69, 9.17) is 2.51 Å². The van der Waals surface area contributed by atoms with Gasteiger partial charge in [0.2, 0.25) is 17.7 Å². The molecule has 0 aromatic heterocycles. The molecule has 1 heterocycles. The first-order valence-electron chi connectivity index (χ1n) is 6.79. The van der Waals surface area contributed by atoms with Crippen LogP contribution in [0.1, 0.15) is 40.5 Å². The van der Waals surface area contributed by atoms with Gasteiger partial charge < -0.3 is 5.32 Å². The van der Waals surface area contributed by atoms with Crippen molar-refractivity contribution in [3.63, 3.8) is 0 Å². The molecule has 0 bridgehead atoms. The highest BCUT2D eigenvalue weighted by Crippen LogP contribution is 2.40. The van der Waals surface area contributed by atoms with Gasteiger partial charge in [-0.05, 0) is 27.7 Å². The summed E-state index contributed by atoms with van der Waals surface area (Å²) in [6.45, 7) is 7.62. The molecule has 1 N–H and O–H groups in total. The van der Waals surface area contributed by atoms with E-state index < -0.39 is 10.7 Å². The van der Waals surface area contributed by atoms with Crippen molar-refractivity contribution in [1.82, 2.24) is 10.2 Å². The smallest absolute Gasteiger partial charge is 0.234 e. The third kappa shape index (κ3) is 5.10. The van der Waals surface area contributed by atoms with E-state index in [0.717, 1.165) is 0 Å². The number of nitrogens with one attached hydrogen (secondary N) is 1. The molecular weight excluding hydrogens is 407 g/mol. The van der Waals surface area contributed by atoms with Crippen LogP contribution in [0, 0.1) is 5.92 Å². The number of hydrogen-bond donors (Lipinski definition) is 1. The Bertz CT molecular complexity index is 428. The third-order valence-corrected chi connectivity index (χ3v) is 4.66. The maximum absolute atomic E-state index is 12.4. The van der Waals surface area contributed by atoms with Crippen LogP contribution in [0.15, 0.2) is 0 Å². The van der Waals surface area contributed by atoms with Crippen LogP contribution < -0.4 is 5.32 Å². The standard InChI is InChI=1S/C13H21IN2O4S/c1-8(2)15-10(17)5-6-16-11(18)7-9(12(16)19)13(3,4)21-20-14/h8-9H,5-7H2,1-4H3,(H,15,17). The molecule has 120 valence electrons. The van der Waals surface area contributed by atoms with Crippen LogP contribution in [0.25, 0.3) is 0 Å². The molecule has 8 heteroatoms. The summed E-state index contributed by atoms with van der Waals surface area (Å²) in [6.07, 6.45) is 0.309. The lowest BCUT2D eigenvalue weighted by Crippen LogP contribution is -2.39. The average molecular weight is 428 g/mol. The molecule has 1 rings (SSSR count). The Kier molecular flexibility index (Phi) is 6.92. The normalized spacial score (nSPS) is 19.5. The highest BCUT2D eigenvalue weighted by Gasteiger charge is 2.47. The van der Waals surface area contributed by atoms with Gasteiger partial charge in [-0.15, -0.1) is 0 Å². The Morgan fingerprint density at radius 3 is 2.67 bits per heavy atom. The topological polar surface area (TPSA) is 75.7 Å². The van der Waals surface area contributed by atoms with Gasteiger partial charge in [-0.3, -0.25) is 19.3 Å². The highest BCUT2D eigenvalue weighted by atomic mass is 127. The third-order valence-electron chi connectivity index (χ3n) is 3.34. The van der Waals surface area contributed by atoms with Crippen LogP contribution in [0.2, 0.25) is 0 Å². The van der Waals surface area contributed by atoms with Crippen molar-refractivity contribution in [2.75, 3.05) is 6.54 Å². The quantitative estimate of drug-likeness (QED) is 0.382. The van der Waals surface area contributed by atoms with Gasteiger partial charge in [-0.1, -0.05) is 0 Å². The summed E-state index contributed by atoms with van der Waals surface area (Å²) >= 11 is 2.93. The monoisotopic (exact) mass is 428 g/mol. The van der Waals surface area contributed by atoms with E-state index in [1.807, 2.05) is 27.7 Å². The minimum atomic E-state index is -0.483.